The van der Waals surface area contributed by atoms with Gasteiger partial charge in [-0.05, 0) is 30.5 Å². The lowest BCUT2D eigenvalue weighted by atomic mass is 9.71. The number of anilines is 1. The molecular formula is C17H17N3O3. The predicted molar refractivity (Wildman–Crippen MR) is 85.0 cm³/mol. The number of carbonyl (C=O) groups is 2. The summed E-state index contributed by atoms with van der Waals surface area (Å²) in [6, 6.07) is 7.64. The Kier molecular flexibility index (Phi) is 4.32. The highest BCUT2D eigenvalue weighted by atomic mass is 16.5. The molecule has 1 aromatic carbocycles. The minimum absolute atomic E-state index is 0.279. The van der Waals surface area contributed by atoms with Gasteiger partial charge >= 0.3 is 6.01 Å². The lowest BCUT2D eigenvalue weighted by Crippen LogP contribution is -2.37. The third kappa shape index (κ3) is 3.36. The lowest BCUT2D eigenvalue weighted by Gasteiger charge is -2.35. The van der Waals surface area contributed by atoms with Gasteiger partial charge in [-0.15, -0.1) is 0 Å². The highest BCUT2D eigenvalue weighted by molar-refractivity contribution is 5.73. The van der Waals surface area contributed by atoms with E-state index in [1.54, 1.807) is 24.5 Å². The Morgan fingerprint density at radius 1 is 1.09 bits per heavy atom. The minimum atomic E-state index is -0.344. The van der Waals surface area contributed by atoms with Crippen LogP contribution >= 0.6 is 0 Å². The number of hydrogen-bond donors (Lipinski definition) is 1. The van der Waals surface area contributed by atoms with Crippen LogP contribution in [0.1, 0.15) is 19.3 Å². The first-order valence-corrected chi connectivity index (χ1v) is 7.46. The fourth-order valence-electron chi connectivity index (χ4n) is 2.50. The fourth-order valence-corrected chi connectivity index (χ4v) is 2.50. The zero-order valence-electron chi connectivity index (χ0n) is 12.6. The monoisotopic (exact) mass is 311 g/mol. The van der Waals surface area contributed by atoms with Gasteiger partial charge in [-0.1, -0.05) is 18.6 Å². The van der Waals surface area contributed by atoms with E-state index in [4.69, 9.17) is 4.74 Å². The summed E-state index contributed by atoms with van der Waals surface area (Å²) in [5, 5.41) is 2.58. The molecule has 0 bridgehead atoms. The number of hydrogen-bond acceptors (Lipinski definition) is 5. The van der Waals surface area contributed by atoms with Crippen molar-refractivity contribution in [2.45, 2.75) is 19.3 Å². The predicted octanol–water partition coefficient (Wildman–Crippen LogP) is 2.46. The highest BCUT2D eigenvalue weighted by Gasteiger charge is 2.37. The molecule has 1 aliphatic rings. The van der Waals surface area contributed by atoms with Gasteiger partial charge in [-0.25, -0.2) is 9.97 Å². The van der Waals surface area contributed by atoms with Crippen molar-refractivity contribution in [2.24, 2.45) is 5.41 Å². The van der Waals surface area contributed by atoms with Crippen molar-refractivity contribution in [1.29, 1.82) is 0 Å². The third-order valence-electron chi connectivity index (χ3n) is 4.16. The van der Waals surface area contributed by atoms with E-state index < -0.39 is 0 Å². The van der Waals surface area contributed by atoms with Gasteiger partial charge in [0.2, 0.25) is 6.41 Å². The molecule has 118 valence electrons. The zero-order valence-corrected chi connectivity index (χ0v) is 12.6. The van der Waals surface area contributed by atoms with Gasteiger partial charge in [0.1, 0.15) is 12.9 Å². The molecule has 6 heteroatoms. The van der Waals surface area contributed by atoms with Crippen LogP contribution in [0.4, 0.5) is 5.69 Å². The van der Waals surface area contributed by atoms with Gasteiger partial charge in [-0.3, -0.25) is 4.79 Å². The molecule has 0 atom stereocenters. The summed E-state index contributed by atoms with van der Waals surface area (Å²) in [6.45, 7) is 0.335. The maximum Gasteiger partial charge on any atom is 0.316 e. The number of aromatic nitrogens is 2. The van der Waals surface area contributed by atoms with E-state index in [1.807, 2.05) is 12.1 Å². The number of rotatable bonds is 7. The van der Waals surface area contributed by atoms with Crippen LogP contribution in [0.15, 0.2) is 36.7 Å². The maximum absolute atomic E-state index is 11.1. The van der Waals surface area contributed by atoms with Gasteiger partial charge in [0, 0.05) is 23.6 Å². The molecule has 2 aromatic rings. The number of benzene rings is 1. The number of carbonyl (C=O) groups excluding carboxylic acids is 2. The molecule has 1 heterocycles. The second-order valence-corrected chi connectivity index (χ2v) is 5.72. The van der Waals surface area contributed by atoms with Gasteiger partial charge in [0.25, 0.3) is 0 Å². The first kappa shape index (κ1) is 15.1. The molecule has 1 N–H and O–H groups in total. The van der Waals surface area contributed by atoms with E-state index in [0.29, 0.717) is 13.0 Å². The number of ether oxygens (including phenoxy) is 1. The Morgan fingerprint density at radius 3 is 2.30 bits per heavy atom. The molecule has 3 rings (SSSR count). The molecule has 0 aliphatic heterocycles. The van der Waals surface area contributed by atoms with Crippen LogP contribution in [0.25, 0.3) is 11.1 Å². The standard InChI is InChI=1S/C17H17N3O3/c21-10-17(6-1-7-17)11-23-16-18-8-14(9-19-16)13-2-4-15(5-3-13)20-12-22/h2-5,8-10,12H,1,6-7,11H2,(H,20,22). The van der Waals surface area contributed by atoms with Crippen LogP contribution in [-0.2, 0) is 9.59 Å². The SMILES string of the molecule is O=CNc1ccc(-c2cnc(OCC3(C=O)CCC3)nc2)cc1. The Hall–Kier alpha value is -2.76. The normalized spacial score (nSPS) is 15.3. The van der Waals surface area contributed by atoms with Crippen LogP contribution in [0.3, 0.4) is 0 Å². The highest BCUT2D eigenvalue weighted by Crippen LogP contribution is 2.38. The van der Waals surface area contributed by atoms with Gasteiger partial charge in [-0.2, -0.15) is 0 Å². The van der Waals surface area contributed by atoms with Gasteiger partial charge in [0.15, 0.2) is 0 Å². The van der Waals surface area contributed by atoms with E-state index in [9.17, 15) is 9.59 Å². The average Bonchev–Trinajstić information content (AvgIpc) is 2.56. The average molecular weight is 311 g/mol. The Balaban J connectivity index is 1.64. The molecule has 23 heavy (non-hydrogen) atoms. The summed E-state index contributed by atoms with van der Waals surface area (Å²) in [5.41, 5.74) is 2.17. The third-order valence-corrected chi connectivity index (χ3v) is 4.16. The van der Waals surface area contributed by atoms with Crippen molar-refractivity contribution >= 4 is 18.4 Å². The Morgan fingerprint density at radius 2 is 1.78 bits per heavy atom. The van der Waals surface area contributed by atoms with Crippen molar-refractivity contribution in [3.63, 3.8) is 0 Å². The summed E-state index contributed by atoms with van der Waals surface area (Å²) in [4.78, 5) is 29.9. The summed E-state index contributed by atoms with van der Waals surface area (Å²) >= 11 is 0. The van der Waals surface area contributed by atoms with E-state index in [1.165, 1.54) is 0 Å². The van der Waals surface area contributed by atoms with Gasteiger partial charge < -0.3 is 14.8 Å². The molecule has 1 fully saturated rings. The molecule has 6 nitrogen and oxygen atoms in total. The Bertz CT molecular complexity index is 679. The second kappa shape index (κ2) is 6.56. The van der Waals surface area contributed by atoms with Crippen molar-refractivity contribution in [1.82, 2.24) is 9.97 Å². The van der Waals surface area contributed by atoms with Crippen LogP contribution in [-0.4, -0.2) is 29.3 Å². The molecule has 0 saturated heterocycles. The first-order chi connectivity index (χ1) is 11.2. The van der Waals surface area contributed by atoms with E-state index in [0.717, 1.165) is 42.4 Å². The van der Waals surface area contributed by atoms with Crippen molar-refractivity contribution in [2.75, 3.05) is 11.9 Å². The maximum atomic E-state index is 11.1. The quantitative estimate of drug-likeness (QED) is 0.794. The minimum Gasteiger partial charge on any atom is -0.462 e. The summed E-state index contributed by atoms with van der Waals surface area (Å²) in [6.07, 6.45) is 7.79. The molecule has 1 amide bonds. The van der Waals surface area contributed by atoms with E-state index in [-0.39, 0.29) is 11.4 Å². The number of aldehydes is 1. The second-order valence-electron chi connectivity index (χ2n) is 5.72. The Labute approximate surface area is 133 Å². The largest absolute Gasteiger partial charge is 0.462 e. The fraction of sp³-hybridized carbons (Fsp3) is 0.294. The zero-order chi connectivity index (χ0) is 16.1. The van der Waals surface area contributed by atoms with E-state index in [2.05, 4.69) is 15.3 Å². The number of nitrogens with one attached hydrogen (secondary N) is 1. The summed E-state index contributed by atoms with van der Waals surface area (Å²) < 4.78 is 5.54. The molecule has 0 unspecified atom stereocenters. The molecular weight excluding hydrogens is 294 g/mol. The van der Waals surface area contributed by atoms with Crippen LogP contribution in [0.5, 0.6) is 6.01 Å². The van der Waals surface area contributed by atoms with Crippen molar-refractivity contribution < 1.29 is 14.3 Å². The molecule has 0 spiro atoms. The first-order valence-electron chi connectivity index (χ1n) is 7.46. The lowest BCUT2D eigenvalue weighted by molar-refractivity contribution is -0.122. The van der Waals surface area contributed by atoms with Crippen molar-refractivity contribution in [3.8, 4) is 17.1 Å². The molecule has 1 saturated carbocycles. The number of nitrogens with zero attached hydrogens (tertiary/aromatic N) is 2. The van der Waals surface area contributed by atoms with Gasteiger partial charge in [0.05, 0.1) is 5.41 Å². The number of amides is 1. The van der Waals surface area contributed by atoms with E-state index >= 15 is 0 Å². The van der Waals surface area contributed by atoms with Crippen molar-refractivity contribution in [3.05, 3.63) is 36.7 Å². The molecule has 0 radical (unpaired) electrons. The van der Waals surface area contributed by atoms with Crippen LogP contribution in [0.2, 0.25) is 0 Å². The molecule has 1 aliphatic carbocycles. The smallest absolute Gasteiger partial charge is 0.316 e. The molecule has 1 aromatic heterocycles. The summed E-state index contributed by atoms with van der Waals surface area (Å²) in [7, 11) is 0. The topological polar surface area (TPSA) is 81.2 Å². The van der Waals surface area contributed by atoms with Crippen LogP contribution in [0, 0.1) is 5.41 Å². The van der Waals surface area contributed by atoms with Crippen LogP contribution < -0.4 is 10.1 Å². The summed E-state index contributed by atoms with van der Waals surface area (Å²) in [5.74, 6) is 0.